The number of fused-ring (bicyclic) bond motifs is 1. The molecule has 1 N–H and O–H groups in total. The molecule has 2 aromatic heterocycles. The van der Waals surface area contributed by atoms with E-state index in [4.69, 9.17) is 17.7 Å². The van der Waals surface area contributed by atoms with Gasteiger partial charge in [0, 0.05) is 6.07 Å². The van der Waals surface area contributed by atoms with E-state index in [2.05, 4.69) is 15.1 Å². The fourth-order valence-corrected chi connectivity index (χ4v) is 1.28. The summed E-state index contributed by atoms with van der Waals surface area (Å²) in [6.07, 6.45) is 0. The van der Waals surface area contributed by atoms with Gasteiger partial charge in [-0.15, -0.1) is 5.10 Å². The Balaban J connectivity index is 2.70. The highest BCUT2D eigenvalue weighted by Crippen LogP contribution is 2.10. The van der Waals surface area contributed by atoms with Gasteiger partial charge in [-0.2, -0.15) is 9.50 Å². The molecule has 2 rings (SSSR count). The molecule has 0 amide bonds. The van der Waals surface area contributed by atoms with Crippen LogP contribution >= 0.6 is 12.6 Å². The first kappa shape index (κ1) is 9.71. The average molecular weight is 227 g/mol. The highest BCUT2D eigenvalue weighted by Gasteiger charge is 2.13. The van der Waals surface area contributed by atoms with E-state index in [-0.39, 0.29) is 22.3 Å². The summed E-state index contributed by atoms with van der Waals surface area (Å²) < 4.78 is 13.4. The van der Waals surface area contributed by atoms with E-state index in [1.54, 1.807) is 0 Å². The summed E-state index contributed by atoms with van der Waals surface area (Å²) in [5, 5.41) is 12.5. The van der Waals surface area contributed by atoms with Crippen LogP contribution in [0, 0.1) is 0 Å². The average Bonchev–Trinajstić information content (AvgIpc) is 2.61. The predicted octanol–water partition coefficient (Wildman–Crippen LogP) is 0.848. The largest absolute Gasteiger partial charge is 0.477 e. The summed E-state index contributed by atoms with van der Waals surface area (Å²) in [6.45, 7) is -0.847. The van der Waals surface area contributed by atoms with Crippen molar-refractivity contribution in [3.63, 3.8) is 0 Å². The van der Waals surface area contributed by atoms with Gasteiger partial charge < -0.3 is 5.11 Å². The van der Waals surface area contributed by atoms with E-state index in [0.29, 0.717) is 0 Å². The van der Waals surface area contributed by atoms with Crippen LogP contribution in [0.5, 0.6) is 0 Å². The zero-order valence-electron chi connectivity index (χ0n) is 7.21. The first-order chi connectivity index (χ1) is 7.11. The van der Waals surface area contributed by atoms with Crippen molar-refractivity contribution in [2.24, 2.45) is 0 Å². The lowest BCUT2D eigenvalue weighted by molar-refractivity contribution is 0.0690. The zero-order valence-corrected chi connectivity index (χ0v) is 8.03. The van der Waals surface area contributed by atoms with Gasteiger partial charge in [0.25, 0.3) is 5.78 Å². The van der Waals surface area contributed by atoms with Crippen LogP contribution in [-0.2, 0) is 6.67 Å². The van der Waals surface area contributed by atoms with Gasteiger partial charge in [-0.25, -0.2) is 14.2 Å². The molecule has 2 heterocycles. The maximum Gasteiger partial charge on any atom is 0.354 e. The second-order valence-corrected chi connectivity index (χ2v) is 3.08. The van der Waals surface area contributed by atoms with Crippen LogP contribution in [0.25, 0.3) is 5.78 Å². The highest BCUT2D eigenvalue weighted by molar-refractivity contribution is 7.80. The third-order valence-corrected chi connectivity index (χ3v) is 1.95. The molecule has 0 saturated carbocycles. The molecule has 6 nitrogen and oxygen atoms in total. The van der Waals surface area contributed by atoms with Gasteiger partial charge in [-0.3, -0.25) is 0 Å². The van der Waals surface area contributed by atoms with Crippen molar-refractivity contribution in [3.8, 4) is 0 Å². The number of aromatic carboxylic acids is 1. The van der Waals surface area contributed by atoms with Crippen molar-refractivity contribution in [3.05, 3.63) is 17.6 Å². The molecule has 0 aliphatic carbocycles. The number of nitrogens with zero attached hydrogens (tertiary/aromatic N) is 4. The molecule has 8 heteroatoms. The van der Waals surface area contributed by atoms with E-state index >= 15 is 0 Å². The molecule has 0 saturated heterocycles. The molecule has 15 heavy (non-hydrogen) atoms. The maximum absolute atomic E-state index is 12.2. The Hall–Kier alpha value is -1.83. The molecule has 0 fully saturated rings. The number of rotatable bonds is 2. The summed E-state index contributed by atoms with van der Waals surface area (Å²) >= 11 is 4.86. The molecule has 0 aliphatic heterocycles. The molecule has 0 bridgehead atoms. The molecular formula is C7H4FN4O2S. The zero-order chi connectivity index (χ0) is 11.0. The van der Waals surface area contributed by atoms with E-state index < -0.39 is 12.6 Å². The van der Waals surface area contributed by atoms with Crippen LogP contribution in [0.4, 0.5) is 4.39 Å². The fourth-order valence-electron chi connectivity index (χ4n) is 1.05. The Bertz CT molecular complexity index is 541. The smallest absolute Gasteiger partial charge is 0.354 e. The van der Waals surface area contributed by atoms with E-state index in [9.17, 15) is 9.18 Å². The minimum Gasteiger partial charge on any atom is -0.477 e. The van der Waals surface area contributed by atoms with Crippen LogP contribution in [0.15, 0.2) is 11.1 Å². The number of aromatic nitrogens is 4. The third kappa shape index (κ3) is 1.59. The van der Waals surface area contributed by atoms with E-state index in [1.165, 1.54) is 6.07 Å². The highest BCUT2D eigenvalue weighted by atomic mass is 32.1. The molecule has 0 atom stereocenters. The first-order valence-electron chi connectivity index (χ1n) is 3.85. The summed E-state index contributed by atoms with van der Waals surface area (Å²) in [7, 11) is 0. The Kier molecular flexibility index (Phi) is 2.19. The van der Waals surface area contributed by atoms with Crippen molar-refractivity contribution < 1.29 is 14.3 Å². The lowest BCUT2D eigenvalue weighted by atomic mass is 10.4. The third-order valence-electron chi connectivity index (χ3n) is 1.66. The van der Waals surface area contributed by atoms with Gasteiger partial charge in [0.15, 0.2) is 18.2 Å². The second-order valence-electron chi connectivity index (χ2n) is 2.66. The van der Waals surface area contributed by atoms with Crippen molar-refractivity contribution >= 4 is 24.4 Å². The minimum absolute atomic E-state index is 0.00690. The van der Waals surface area contributed by atoms with Gasteiger partial charge in [0.05, 0.1) is 0 Å². The molecule has 0 unspecified atom stereocenters. The standard InChI is InChI=1S/C7H4FN4O2S/c8-2-4-10-7-9-3(6(13)14)1-5(15)12(7)11-4/h1H,2H2,(H,13,14). The fraction of sp³-hybridized carbons (Fsp3) is 0.143. The summed E-state index contributed by atoms with van der Waals surface area (Å²) in [6, 6.07) is 1.17. The number of carboxylic acid groups (broad SMARTS) is 1. The van der Waals surface area contributed by atoms with Gasteiger partial charge in [-0.05, 0) is 0 Å². The number of carboxylic acids is 1. The van der Waals surface area contributed by atoms with E-state index in [1.807, 2.05) is 0 Å². The van der Waals surface area contributed by atoms with Crippen LogP contribution in [0.3, 0.4) is 0 Å². The van der Waals surface area contributed by atoms with Crippen LogP contribution < -0.4 is 0 Å². The SMILES string of the molecule is O=C(O)c1cc([S])n2nc(CF)nc2n1. The summed E-state index contributed by atoms with van der Waals surface area (Å²) in [4.78, 5) is 18.0. The molecular weight excluding hydrogens is 223 g/mol. The Morgan fingerprint density at radius 3 is 2.93 bits per heavy atom. The molecule has 0 spiro atoms. The normalized spacial score (nSPS) is 10.7. The Morgan fingerprint density at radius 2 is 2.33 bits per heavy atom. The number of carbonyl (C=O) groups is 1. The van der Waals surface area contributed by atoms with Crippen molar-refractivity contribution in [1.82, 2.24) is 19.6 Å². The van der Waals surface area contributed by atoms with Crippen LogP contribution in [-0.4, -0.2) is 30.7 Å². The number of hydrogen-bond donors (Lipinski definition) is 1. The molecule has 77 valence electrons. The lowest BCUT2D eigenvalue weighted by Crippen LogP contribution is -2.04. The number of hydrogen-bond acceptors (Lipinski definition) is 4. The van der Waals surface area contributed by atoms with Crippen molar-refractivity contribution in [1.29, 1.82) is 0 Å². The summed E-state index contributed by atoms with van der Waals surface area (Å²) in [5.74, 6) is -1.29. The van der Waals surface area contributed by atoms with Gasteiger partial charge in [0.2, 0.25) is 0 Å². The number of alkyl halides is 1. The topological polar surface area (TPSA) is 80.4 Å². The lowest BCUT2D eigenvalue weighted by Gasteiger charge is -1.96. The van der Waals surface area contributed by atoms with Gasteiger partial charge in [-0.1, -0.05) is 12.6 Å². The Labute approximate surface area is 88.2 Å². The molecule has 1 radical (unpaired) electrons. The van der Waals surface area contributed by atoms with Gasteiger partial charge >= 0.3 is 5.97 Å². The van der Waals surface area contributed by atoms with Crippen molar-refractivity contribution in [2.75, 3.05) is 0 Å². The Morgan fingerprint density at radius 1 is 1.60 bits per heavy atom. The van der Waals surface area contributed by atoms with Crippen LogP contribution in [0.2, 0.25) is 0 Å². The van der Waals surface area contributed by atoms with Gasteiger partial charge in [0.1, 0.15) is 5.03 Å². The minimum atomic E-state index is -1.21. The van der Waals surface area contributed by atoms with Crippen LogP contribution in [0.1, 0.15) is 16.3 Å². The predicted molar refractivity (Wildman–Crippen MR) is 48.4 cm³/mol. The second kappa shape index (κ2) is 3.39. The molecule has 0 aliphatic rings. The maximum atomic E-state index is 12.2. The monoisotopic (exact) mass is 227 g/mol. The first-order valence-corrected chi connectivity index (χ1v) is 4.25. The molecule has 2 aromatic rings. The van der Waals surface area contributed by atoms with Crippen molar-refractivity contribution in [2.45, 2.75) is 11.7 Å². The quantitative estimate of drug-likeness (QED) is 0.769. The molecule has 0 aromatic carbocycles. The summed E-state index contributed by atoms with van der Waals surface area (Å²) in [5.41, 5.74) is -0.231. The number of halogens is 1. The van der Waals surface area contributed by atoms with E-state index in [0.717, 1.165) is 4.52 Å².